The maximum Gasteiger partial charge on any atom is 0.319 e. The van der Waals surface area contributed by atoms with Crippen molar-refractivity contribution >= 4 is 21.9 Å². The van der Waals surface area contributed by atoms with Gasteiger partial charge in [0.2, 0.25) is 0 Å². The number of aromatic nitrogens is 2. The lowest BCUT2D eigenvalue weighted by atomic mass is 10.4. The molecular weight excluding hydrogens is 224 g/mol. The molecule has 1 aromatic rings. The van der Waals surface area contributed by atoms with Crippen molar-refractivity contribution in [3.05, 3.63) is 18.0 Å². The summed E-state index contributed by atoms with van der Waals surface area (Å²) >= 11 is 3.10. The molecule has 0 radical (unpaired) electrons. The second-order valence-corrected chi connectivity index (χ2v) is 3.68. The average molecular weight is 233 g/mol. The van der Waals surface area contributed by atoms with Crippen LogP contribution in [0.15, 0.2) is 12.3 Å². The molecule has 0 spiro atoms. The van der Waals surface area contributed by atoms with Crippen LogP contribution in [0, 0.1) is 0 Å². The Kier molecular flexibility index (Phi) is 3.28. The van der Waals surface area contributed by atoms with Gasteiger partial charge >= 0.3 is 5.97 Å². The highest BCUT2D eigenvalue weighted by Crippen LogP contribution is 2.02. The van der Waals surface area contributed by atoms with Gasteiger partial charge in [0, 0.05) is 6.20 Å². The van der Waals surface area contributed by atoms with Crippen molar-refractivity contribution in [2.75, 3.05) is 0 Å². The van der Waals surface area contributed by atoms with E-state index in [1.165, 1.54) is 0 Å². The molecule has 1 aromatic heterocycles. The molecule has 0 aliphatic carbocycles. The first-order chi connectivity index (χ1) is 5.70. The molecule has 5 heteroatoms. The van der Waals surface area contributed by atoms with Gasteiger partial charge in [-0.25, -0.2) is 0 Å². The van der Waals surface area contributed by atoms with Crippen molar-refractivity contribution in [3.8, 4) is 0 Å². The second kappa shape index (κ2) is 4.25. The zero-order chi connectivity index (χ0) is 8.97. The number of aromatic amines is 1. The number of nitrogens with one attached hydrogen (secondary N) is 1. The maximum atomic E-state index is 10.9. The number of hydrogen-bond acceptors (Lipinski definition) is 3. The molecule has 1 N–H and O–H groups in total. The molecule has 1 rings (SSSR count). The highest BCUT2D eigenvalue weighted by molar-refractivity contribution is 9.10. The minimum Gasteiger partial charge on any atom is -0.458 e. The van der Waals surface area contributed by atoms with Crippen LogP contribution in [0.2, 0.25) is 0 Å². The smallest absolute Gasteiger partial charge is 0.319 e. The molecule has 0 aliphatic heterocycles. The summed E-state index contributed by atoms with van der Waals surface area (Å²) in [6.07, 6.45) is 1.61. The van der Waals surface area contributed by atoms with Gasteiger partial charge < -0.3 is 4.74 Å². The maximum absolute atomic E-state index is 10.9. The SMILES string of the molecule is CC(Br)C(=O)OCc1ccn[nH]1. The van der Waals surface area contributed by atoms with Crippen LogP contribution in [0.3, 0.4) is 0 Å². The van der Waals surface area contributed by atoms with Crippen LogP contribution >= 0.6 is 15.9 Å². The first-order valence-electron chi connectivity index (χ1n) is 3.49. The second-order valence-electron chi connectivity index (χ2n) is 2.31. The molecule has 0 bridgehead atoms. The molecule has 0 aromatic carbocycles. The molecule has 1 heterocycles. The van der Waals surface area contributed by atoms with Crippen LogP contribution in [0.1, 0.15) is 12.6 Å². The molecule has 0 aliphatic rings. The molecule has 0 amide bonds. The van der Waals surface area contributed by atoms with Crippen molar-refractivity contribution in [3.63, 3.8) is 0 Å². The van der Waals surface area contributed by atoms with E-state index in [4.69, 9.17) is 4.74 Å². The van der Waals surface area contributed by atoms with Gasteiger partial charge in [0.1, 0.15) is 11.4 Å². The molecule has 4 nitrogen and oxygen atoms in total. The molecule has 12 heavy (non-hydrogen) atoms. The standard InChI is InChI=1S/C7H9BrN2O2/c1-5(8)7(11)12-4-6-2-3-9-10-6/h2-3,5H,4H2,1H3,(H,9,10). The zero-order valence-electron chi connectivity index (χ0n) is 6.58. The number of hydrogen-bond donors (Lipinski definition) is 1. The van der Waals surface area contributed by atoms with E-state index in [-0.39, 0.29) is 17.4 Å². The van der Waals surface area contributed by atoms with Gasteiger partial charge in [0.25, 0.3) is 0 Å². The van der Waals surface area contributed by atoms with Crippen molar-refractivity contribution in [1.82, 2.24) is 10.2 Å². The molecular formula is C7H9BrN2O2. The summed E-state index contributed by atoms with van der Waals surface area (Å²) in [4.78, 5) is 10.7. The Morgan fingerprint density at radius 3 is 3.17 bits per heavy atom. The summed E-state index contributed by atoms with van der Waals surface area (Å²) in [6, 6.07) is 1.76. The van der Waals surface area contributed by atoms with Gasteiger partial charge in [-0.05, 0) is 13.0 Å². The number of nitrogens with zero attached hydrogens (tertiary/aromatic N) is 1. The number of H-pyrrole nitrogens is 1. The summed E-state index contributed by atoms with van der Waals surface area (Å²) in [5, 5.41) is 6.41. The van der Waals surface area contributed by atoms with Gasteiger partial charge in [-0.1, -0.05) is 15.9 Å². The van der Waals surface area contributed by atoms with Crippen molar-refractivity contribution < 1.29 is 9.53 Å². The van der Waals surface area contributed by atoms with Crippen LogP contribution < -0.4 is 0 Å². The number of ether oxygens (including phenoxy) is 1. The largest absolute Gasteiger partial charge is 0.458 e. The summed E-state index contributed by atoms with van der Waals surface area (Å²) in [6.45, 7) is 1.96. The first-order valence-corrected chi connectivity index (χ1v) is 4.40. The molecule has 0 saturated carbocycles. The Morgan fingerprint density at radius 1 is 1.92 bits per heavy atom. The quantitative estimate of drug-likeness (QED) is 0.631. The van der Waals surface area contributed by atoms with Crippen molar-refractivity contribution in [1.29, 1.82) is 0 Å². The van der Waals surface area contributed by atoms with Crippen LogP contribution in [-0.2, 0) is 16.1 Å². The predicted molar refractivity (Wildman–Crippen MR) is 46.8 cm³/mol. The van der Waals surface area contributed by atoms with Gasteiger partial charge in [-0.3, -0.25) is 9.89 Å². The highest BCUT2D eigenvalue weighted by Gasteiger charge is 2.09. The van der Waals surface area contributed by atoms with Crippen LogP contribution in [0.4, 0.5) is 0 Å². The van der Waals surface area contributed by atoms with Gasteiger partial charge in [0.05, 0.1) is 5.69 Å². The number of carbonyl (C=O) groups is 1. The molecule has 0 saturated heterocycles. The average Bonchev–Trinajstić information content (AvgIpc) is 2.51. The third kappa shape index (κ3) is 2.65. The Hall–Kier alpha value is -0.840. The van der Waals surface area contributed by atoms with Gasteiger partial charge in [0.15, 0.2) is 0 Å². The number of carbonyl (C=O) groups excluding carboxylic acids is 1. The molecule has 0 fully saturated rings. The van der Waals surface area contributed by atoms with E-state index in [2.05, 4.69) is 26.1 Å². The molecule has 1 unspecified atom stereocenters. The fourth-order valence-electron chi connectivity index (χ4n) is 0.629. The fourth-order valence-corrected chi connectivity index (χ4v) is 0.761. The predicted octanol–water partition coefficient (Wildman–Crippen LogP) is 1.24. The van der Waals surface area contributed by atoms with Crippen molar-refractivity contribution in [2.24, 2.45) is 0 Å². The van der Waals surface area contributed by atoms with E-state index in [1.807, 2.05) is 0 Å². The first kappa shape index (κ1) is 9.25. The van der Waals surface area contributed by atoms with Crippen molar-refractivity contribution in [2.45, 2.75) is 18.4 Å². The lowest BCUT2D eigenvalue weighted by molar-refractivity contribution is -0.143. The van der Waals surface area contributed by atoms with Crippen LogP contribution in [0.25, 0.3) is 0 Å². The lowest BCUT2D eigenvalue weighted by Crippen LogP contribution is -2.13. The number of esters is 1. The Morgan fingerprint density at radius 2 is 2.67 bits per heavy atom. The Balaban J connectivity index is 2.32. The summed E-state index contributed by atoms with van der Waals surface area (Å²) in [5.41, 5.74) is 0.788. The number of rotatable bonds is 3. The molecule has 1 atom stereocenters. The third-order valence-electron chi connectivity index (χ3n) is 1.25. The van der Waals surface area contributed by atoms with E-state index in [0.29, 0.717) is 0 Å². The summed E-state index contributed by atoms with van der Waals surface area (Å²) in [7, 11) is 0. The van der Waals surface area contributed by atoms with Crippen LogP contribution in [0.5, 0.6) is 0 Å². The number of alkyl halides is 1. The highest BCUT2D eigenvalue weighted by atomic mass is 79.9. The van der Waals surface area contributed by atoms with Gasteiger partial charge in [-0.2, -0.15) is 5.10 Å². The fraction of sp³-hybridized carbons (Fsp3) is 0.429. The third-order valence-corrected chi connectivity index (χ3v) is 1.63. The number of halogens is 1. The van der Waals surface area contributed by atoms with Gasteiger partial charge in [-0.15, -0.1) is 0 Å². The van der Waals surface area contributed by atoms with E-state index in [9.17, 15) is 4.79 Å². The topological polar surface area (TPSA) is 55.0 Å². The molecule has 66 valence electrons. The summed E-state index contributed by atoms with van der Waals surface area (Å²) in [5.74, 6) is -0.274. The normalized spacial score (nSPS) is 12.5. The van der Waals surface area contributed by atoms with E-state index in [1.54, 1.807) is 19.2 Å². The van der Waals surface area contributed by atoms with E-state index in [0.717, 1.165) is 5.69 Å². The van der Waals surface area contributed by atoms with E-state index >= 15 is 0 Å². The Bertz CT molecular complexity index is 246. The Labute approximate surface area is 78.4 Å². The minimum absolute atomic E-state index is 0.245. The monoisotopic (exact) mass is 232 g/mol. The zero-order valence-corrected chi connectivity index (χ0v) is 8.17. The minimum atomic E-state index is -0.274. The lowest BCUT2D eigenvalue weighted by Gasteiger charge is -2.03. The summed E-state index contributed by atoms with van der Waals surface area (Å²) < 4.78 is 4.89. The van der Waals surface area contributed by atoms with Crippen LogP contribution in [-0.4, -0.2) is 21.0 Å². The van der Waals surface area contributed by atoms with E-state index < -0.39 is 0 Å².